The number of hydrogen-bond acceptors (Lipinski definition) is 5. The van der Waals surface area contributed by atoms with Gasteiger partial charge in [0.2, 0.25) is 10.0 Å². The largest absolute Gasteiger partial charge is 0.495 e. The molecular formula is C20H25ClFN3O3S. The van der Waals surface area contributed by atoms with Crippen LogP contribution in [0.3, 0.4) is 0 Å². The van der Waals surface area contributed by atoms with E-state index in [2.05, 4.69) is 14.5 Å². The van der Waals surface area contributed by atoms with Crippen molar-refractivity contribution in [2.24, 2.45) is 0 Å². The Balaban J connectivity index is 1.41. The van der Waals surface area contributed by atoms with Gasteiger partial charge in [-0.2, -0.15) is 0 Å². The number of hydrogen-bond donors (Lipinski definition) is 1. The molecule has 0 unspecified atom stereocenters. The van der Waals surface area contributed by atoms with E-state index >= 15 is 0 Å². The number of piperazine rings is 1. The van der Waals surface area contributed by atoms with Gasteiger partial charge in [-0.3, -0.25) is 4.90 Å². The van der Waals surface area contributed by atoms with E-state index in [0.717, 1.165) is 38.4 Å². The molecule has 1 aliphatic heterocycles. The molecular weight excluding hydrogens is 417 g/mol. The normalized spacial score (nSPS) is 15.5. The highest BCUT2D eigenvalue weighted by Crippen LogP contribution is 2.26. The van der Waals surface area contributed by atoms with Gasteiger partial charge in [0.15, 0.2) is 0 Å². The maximum Gasteiger partial charge on any atom is 0.240 e. The highest BCUT2D eigenvalue weighted by atomic mass is 35.5. The molecule has 1 aliphatic rings. The minimum atomic E-state index is -3.61. The molecule has 3 rings (SSSR count). The van der Waals surface area contributed by atoms with Crippen molar-refractivity contribution in [3.63, 3.8) is 0 Å². The molecule has 0 amide bonds. The summed E-state index contributed by atoms with van der Waals surface area (Å²) in [6.07, 6.45) is 0.708. The molecule has 2 aromatic rings. The number of anilines is 1. The zero-order chi connectivity index (χ0) is 20.9. The lowest BCUT2D eigenvalue weighted by Crippen LogP contribution is -2.47. The molecule has 0 bridgehead atoms. The topological polar surface area (TPSA) is 61.9 Å². The first-order valence-electron chi connectivity index (χ1n) is 9.45. The van der Waals surface area contributed by atoms with E-state index in [9.17, 15) is 12.8 Å². The number of nitrogens with one attached hydrogen (secondary N) is 1. The Morgan fingerprint density at radius 1 is 1.10 bits per heavy atom. The molecule has 1 N–H and O–H groups in total. The first-order valence-corrected chi connectivity index (χ1v) is 11.3. The summed E-state index contributed by atoms with van der Waals surface area (Å²) in [5.41, 5.74) is 1.02. The van der Waals surface area contributed by atoms with Crippen LogP contribution in [-0.2, 0) is 10.0 Å². The van der Waals surface area contributed by atoms with Crippen LogP contribution < -0.4 is 14.4 Å². The van der Waals surface area contributed by atoms with Crippen molar-refractivity contribution in [1.29, 1.82) is 0 Å². The molecule has 0 radical (unpaired) electrons. The third kappa shape index (κ3) is 5.82. The van der Waals surface area contributed by atoms with E-state index in [0.29, 0.717) is 18.7 Å². The Morgan fingerprint density at radius 2 is 1.79 bits per heavy atom. The zero-order valence-electron chi connectivity index (χ0n) is 16.3. The number of sulfonamides is 1. The zero-order valence-corrected chi connectivity index (χ0v) is 17.8. The molecule has 0 spiro atoms. The smallest absolute Gasteiger partial charge is 0.240 e. The van der Waals surface area contributed by atoms with Crippen LogP contribution >= 0.6 is 11.6 Å². The van der Waals surface area contributed by atoms with E-state index in [1.807, 2.05) is 0 Å². The average molecular weight is 442 g/mol. The van der Waals surface area contributed by atoms with E-state index in [-0.39, 0.29) is 15.7 Å². The lowest BCUT2D eigenvalue weighted by Gasteiger charge is -2.36. The van der Waals surface area contributed by atoms with Crippen molar-refractivity contribution in [2.75, 3.05) is 51.3 Å². The fourth-order valence-electron chi connectivity index (χ4n) is 3.29. The molecule has 0 aliphatic carbocycles. The molecule has 9 heteroatoms. The SMILES string of the molecule is COc1ccc(S(=O)(=O)NCCCN2CCN(c3ccc(F)cc3)CC2)cc1Cl. The summed E-state index contributed by atoms with van der Waals surface area (Å²) in [7, 11) is -2.13. The number of ether oxygens (including phenoxy) is 1. The molecule has 1 fully saturated rings. The molecule has 6 nitrogen and oxygen atoms in total. The summed E-state index contributed by atoms with van der Waals surface area (Å²) in [6, 6.07) is 10.9. The van der Waals surface area contributed by atoms with Crippen molar-refractivity contribution in [3.8, 4) is 5.75 Å². The van der Waals surface area contributed by atoms with Crippen LogP contribution in [0.15, 0.2) is 47.4 Å². The first kappa shape index (κ1) is 21.8. The van der Waals surface area contributed by atoms with Crippen molar-refractivity contribution >= 4 is 27.3 Å². The van der Waals surface area contributed by atoms with Gasteiger partial charge in [-0.05, 0) is 55.4 Å². The van der Waals surface area contributed by atoms with E-state index in [1.165, 1.54) is 37.4 Å². The van der Waals surface area contributed by atoms with Gasteiger partial charge in [0.05, 0.1) is 17.0 Å². The lowest BCUT2D eigenvalue weighted by molar-refractivity contribution is 0.255. The molecule has 0 aromatic heterocycles. The van der Waals surface area contributed by atoms with E-state index < -0.39 is 10.0 Å². The van der Waals surface area contributed by atoms with Crippen LogP contribution in [0.1, 0.15) is 6.42 Å². The minimum absolute atomic E-state index is 0.121. The molecule has 2 aromatic carbocycles. The van der Waals surface area contributed by atoms with Gasteiger partial charge in [0.1, 0.15) is 11.6 Å². The summed E-state index contributed by atoms with van der Waals surface area (Å²) in [6.45, 7) is 4.66. The fraction of sp³-hybridized carbons (Fsp3) is 0.400. The predicted octanol–water partition coefficient (Wildman–Crippen LogP) is 2.98. The monoisotopic (exact) mass is 441 g/mol. The fourth-order valence-corrected chi connectivity index (χ4v) is 4.71. The third-order valence-electron chi connectivity index (χ3n) is 4.94. The van der Waals surface area contributed by atoms with Crippen molar-refractivity contribution in [1.82, 2.24) is 9.62 Å². The van der Waals surface area contributed by atoms with Crippen LogP contribution in [0.25, 0.3) is 0 Å². The molecule has 158 valence electrons. The summed E-state index contributed by atoms with van der Waals surface area (Å²) < 4.78 is 45.5. The van der Waals surface area contributed by atoms with Crippen LogP contribution in [0.4, 0.5) is 10.1 Å². The second-order valence-electron chi connectivity index (χ2n) is 6.85. The van der Waals surface area contributed by atoms with Crippen LogP contribution in [-0.4, -0.2) is 59.7 Å². The van der Waals surface area contributed by atoms with Crippen molar-refractivity contribution < 1.29 is 17.5 Å². The number of nitrogens with zero attached hydrogens (tertiary/aromatic N) is 2. The lowest BCUT2D eigenvalue weighted by atomic mass is 10.2. The van der Waals surface area contributed by atoms with Crippen LogP contribution in [0.2, 0.25) is 5.02 Å². The molecule has 1 saturated heterocycles. The van der Waals surface area contributed by atoms with Gasteiger partial charge in [-0.1, -0.05) is 11.6 Å². The maximum atomic E-state index is 13.0. The molecule has 1 heterocycles. The Bertz CT molecular complexity index is 917. The van der Waals surface area contributed by atoms with Gasteiger partial charge in [-0.15, -0.1) is 0 Å². The highest BCUT2D eigenvalue weighted by molar-refractivity contribution is 7.89. The quantitative estimate of drug-likeness (QED) is 0.638. The maximum absolute atomic E-state index is 13.0. The molecule has 29 heavy (non-hydrogen) atoms. The van der Waals surface area contributed by atoms with E-state index in [4.69, 9.17) is 16.3 Å². The van der Waals surface area contributed by atoms with E-state index in [1.54, 1.807) is 12.1 Å². The number of rotatable bonds is 8. The Hall–Kier alpha value is -1.87. The second kappa shape index (κ2) is 9.75. The minimum Gasteiger partial charge on any atom is -0.495 e. The summed E-state index contributed by atoms with van der Waals surface area (Å²) in [4.78, 5) is 4.65. The third-order valence-corrected chi connectivity index (χ3v) is 6.69. The Morgan fingerprint density at radius 3 is 2.41 bits per heavy atom. The number of benzene rings is 2. The summed E-state index contributed by atoms with van der Waals surface area (Å²) in [5.74, 6) is 0.206. The average Bonchev–Trinajstić information content (AvgIpc) is 2.72. The standard InChI is InChI=1S/C20H25ClFN3O3S/c1-28-20-8-7-18(15-19(20)21)29(26,27)23-9-2-10-24-11-13-25(14-12-24)17-5-3-16(22)4-6-17/h3-8,15,23H,2,9-14H2,1H3. The molecule has 0 saturated carbocycles. The number of halogens is 2. The predicted molar refractivity (Wildman–Crippen MR) is 113 cm³/mol. The summed E-state index contributed by atoms with van der Waals surface area (Å²) in [5, 5.41) is 0.259. The number of methoxy groups -OCH3 is 1. The van der Waals surface area contributed by atoms with Gasteiger partial charge in [0.25, 0.3) is 0 Å². The first-order chi connectivity index (χ1) is 13.9. The van der Waals surface area contributed by atoms with Crippen molar-refractivity contribution in [2.45, 2.75) is 11.3 Å². The van der Waals surface area contributed by atoms with Gasteiger partial charge < -0.3 is 9.64 Å². The van der Waals surface area contributed by atoms with Gasteiger partial charge in [0, 0.05) is 38.4 Å². The Kier molecular flexibility index (Phi) is 7.34. The van der Waals surface area contributed by atoms with Crippen molar-refractivity contribution in [3.05, 3.63) is 53.3 Å². The van der Waals surface area contributed by atoms with Gasteiger partial charge >= 0.3 is 0 Å². The van der Waals surface area contributed by atoms with Crippen LogP contribution in [0.5, 0.6) is 5.75 Å². The Labute approximate surface area is 176 Å². The van der Waals surface area contributed by atoms with Crippen LogP contribution in [0, 0.1) is 5.82 Å². The summed E-state index contributed by atoms with van der Waals surface area (Å²) >= 11 is 6.02. The molecule has 0 atom stereocenters. The van der Waals surface area contributed by atoms with Gasteiger partial charge in [-0.25, -0.2) is 17.5 Å². The highest BCUT2D eigenvalue weighted by Gasteiger charge is 2.18. The second-order valence-corrected chi connectivity index (χ2v) is 9.03.